The van der Waals surface area contributed by atoms with Crippen LogP contribution in [0, 0.1) is 0 Å². The van der Waals surface area contributed by atoms with Gasteiger partial charge in [-0.25, -0.2) is 0 Å². The normalized spacial score (nSPS) is 13.4. The molecule has 0 aliphatic carbocycles. The van der Waals surface area contributed by atoms with Crippen LogP contribution in [0.25, 0.3) is 10.8 Å². The number of hydrogen-bond donors (Lipinski definition) is 0. The van der Waals surface area contributed by atoms with Gasteiger partial charge in [-0.15, -0.1) is 0 Å². The summed E-state index contributed by atoms with van der Waals surface area (Å²) in [5.41, 5.74) is 0. The van der Waals surface area contributed by atoms with Gasteiger partial charge in [0, 0.05) is 26.1 Å². The van der Waals surface area contributed by atoms with Crippen LogP contribution >= 0.6 is 7.37 Å². The van der Waals surface area contributed by atoms with Gasteiger partial charge < -0.3 is 4.52 Å². The van der Waals surface area contributed by atoms with Gasteiger partial charge in [-0.2, -0.15) is 0 Å². The molecule has 0 bridgehead atoms. The smallest absolute Gasteiger partial charge is 0.261 e. The van der Waals surface area contributed by atoms with E-state index in [0.29, 0.717) is 0 Å². The summed E-state index contributed by atoms with van der Waals surface area (Å²) in [5, 5.41) is 3.65. The number of rotatable bonds is 3. The highest BCUT2D eigenvalue weighted by atomic mass is 31.2. The fraction of sp³-hybridized carbons (Fsp3) is 0.0588. The Labute approximate surface area is 126 Å². The van der Waals surface area contributed by atoms with Crippen molar-refractivity contribution in [1.29, 1.82) is 0 Å². The summed E-state index contributed by atoms with van der Waals surface area (Å²) in [7, 11) is -1.51. The first-order chi connectivity index (χ1) is 9.74. The van der Waals surface area contributed by atoms with E-state index in [1.807, 2.05) is 72.8 Å². The van der Waals surface area contributed by atoms with Crippen LogP contribution in [0.5, 0.6) is 0 Å². The first-order valence-electron chi connectivity index (χ1n) is 6.45. The molecule has 3 rings (SSSR count). The van der Waals surface area contributed by atoms with Gasteiger partial charge in [0.05, 0.1) is 0 Å². The van der Waals surface area contributed by atoms with Crippen LogP contribution in [-0.4, -0.2) is 15.5 Å². The Morgan fingerprint density at radius 3 is 2.05 bits per heavy atom. The minimum absolute atomic E-state index is 0. The number of benzene rings is 3. The molecule has 0 fully saturated rings. The molecule has 3 aromatic carbocycles. The maximum atomic E-state index is 13.2. The molecule has 0 N–H and O–H groups in total. The number of fused-ring (bicyclic) bond motifs is 1. The van der Waals surface area contributed by atoms with Crippen LogP contribution in [0.4, 0.5) is 0 Å². The lowest BCUT2D eigenvalue weighted by Crippen LogP contribution is -2.16. The quantitative estimate of drug-likeness (QED) is 0.547. The van der Waals surface area contributed by atoms with Crippen molar-refractivity contribution in [1.82, 2.24) is 0 Å². The Bertz CT molecular complexity index is 787. The third-order valence-electron chi connectivity index (χ3n) is 3.43. The highest BCUT2D eigenvalue weighted by molar-refractivity contribution is 7.74. The summed E-state index contributed by atoms with van der Waals surface area (Å²) in [5.74, 6) is 0. The molecule has 103 valence electrons. The monoisotopic (exact) mass is 293 g/mol. The Morgan fingerprint density at radius 2 is 1.38 bits per heavy atom. The molecule has 0 aliphatic heterocycles. The van der Waals surface area contributed by atoms with E-state index < -0.39 is 7.37 Å². The van der Waals surface area contributed by atoms with E-state index >= 15 is 0 Å². The molecule has 1 atom stereocenters. The van der Waals surface area contributed by atoms with E-state index in [2.05, 4.69) is 0 Å². The topological polar surface area (TPSA) is 26.3 Å². The maximum Gasteiger partial charge on any atom is 0.261 e. The molecule has 1 unspecified atom stereocenters. The van der Waals surface area contributed by atoms with E-state index in [9.17, 15) is 4.57 Å². The zero-order chi connectivity index (χ0) is 14.0. The third kappa shape index (κ3) is 2.80. The molecule has 0 spiro atoms. The molecular weight excluding hydrogens is 278 g/mol. The third-order valence-corrected chi connectivity index (χ3v) is 5.88. The average Bonchev–Trinajstić information content (AvgIpc) is 2.54. The Balaban J connectivity index is 0.00000161. The van der Waals surface area contributed by atoms with Gasteiger partial charge in [-0.05, 0) is 35.0 Å². The van der Waals surface area contributed by atoms with Crippen LogP contribution in [0.3, 0.4) is 0 Å². The summed E-state index contributed by atoms with van der Waals surface area (Å²) < 4.78 is 18.6. The first kappa shape index (κ1) is 15.6. The molecule has 0 amide bonds. The summed E-state index contributed by atoms with van der Waals surface area (Å²) >= 11 is 0. The van der Waals surface area contributed by atoms with E-state index in [4.69, 9.17) is 4.52 Å². The fourth-order valence-corrected chi connectivity index (χ4v) is 4.21. The highest BCUT2D eigenvalue weighted by Crippen LogP contribution is 2.43. The summed E-state index contributed by atoms with van der Waals surface area (Å²) in [6, 6.07) is 23.2. The molecule has 0 saturated carbocycles. The van der Waals surface area contributed by atoms with Crippen LogP contribution < -0.4 is 10.6 Å². The van der Waals surface area contributed by atoms with Gasteiger partial charge >= 0.3 is 0 Å². The van der Waals surface area contributed by atoms with E-state index in [1.165, 1.54) is 7.11 Å². The largest absolute Gasteiger partial charge is 0.325 e. The van der Waals surface area contributed by atoms with Crippen molar-refractivity contribution < 1.29 is 9.09 Å². The Kier molecular flexibility index (Phi) is 4.67. The molecular formula is C17H15BO2P. The van der Waals surface area contributed by atoms with Gasteiger partial charge in [0.1, 0.15) is 0 Å². The van der Waals surface area contributed by atoms with Crippen molar-refractivity contribution in [2.75, 3.05) is 7.11 Å². The summed E-state index contributed by atoms with van der Waals surface area (Å²) in [4.78, 5) is 0. The zero-order valence-corrected chi connectivity index (χ0v) is 12.7. The molecule has 0 heterocycles. The van der Waals surface area contributed by atoms with E-state index in [-0.39, 0.29) is 8.41 Å². The van der Waals surface area contributed by atoms with Gasteiger partial charge in [-0.3, -0.25) is 4.57 Å². The van der Waals surface area contributed by atoms with E-state index in [0.717, 1.165) is 21.4 Å². The van der Waals surface area contributed by atoms with Gasteiger partial charge in [0.25, 0.3) is 7.37 Å². The standard InChI is InChI=1S/C17H15O2P.B/c1-19-20(18,16-9-3-2-4-10-16)17-12-11-14-7-5-6-8-15(14)13-17;/h2-13H,1H3;. The van der Waals surface area contributed by atoms with Crippen molar-refractivity contribution >= 4 is 37.2 Å². The second-order valence-corrected chi connectivity index (χ2v) is 7.10. The molecule has 21 heavy (non-hydrogen) atoms. The lowest BCUT2D eigenvalue weighted by atomic mass is 10.1. The fourth-order valence-electron chi connectivity index (χ4n) is 2.34. The van der Waals surface area contributed by atoms with Crippen molar-refractivity contribution in [3.8, 4) is 0 Å². The van der Waals surface area contributed by atoms with Gasteiger partial charge in [0.2, 0.25) is 0 Å². The Hall–Kier alpha value is -1.83. The predicted octanol–water partition coefficient (Wildman–Crippen LogP) is 3.33. The molecule has 0 aliphatic rings. The lowest BCUT2D eigenvalue weighted by molar-refractivity contribution is 0.412. The second kappa shape index (κ2) is 6.30. The molecule has 3 aromatic rings. The summed E-state index contributed by atoms with van der Waals surface area (Å²) in [6.07, 6.45) is 0. The van der Waals surface area contributed by atoms with Crippen LogP contribution in [0.2, 0.25) is 0 Å². The molecule has 0 saturated heterocycles. The molecule has 2 nitrogen and oxygen atoms in total. The zero-order valence-electron chi connectivity index (χ0n) is 11.8. The number of hydrogen-bond acceptors (Lipinski definition) is 2. The SMILES string of the molecule is COP(=O)(c1ccccc1)c1ccc2ccccc2c1.[B]. The van der Waals surface area contributed by atoms with Crippen molar-refractivity contribution in [2.24, 2.45) is 0 Å². The maximum absolute atomic E-state index is 13.2. The Morgan fingerprint density at radius 1 is 0.762 bits per heavy atom. The van der Waals surface area contributed by atoms with Crippen molar-refractivity contribution in [3.63, 3.8) is 0 Å². The van der Waals surface area contributed by atoms with Crippen molar-refractivity contribution in [3.05, 3.63) is 72.8 Å². The minimum atomic E-state index is -3.01. The lowest BCUT2D eigenvalue weighted by Gasteiger charge is -2.17. The minimum Gasteiger partial charge on any atom is -0.325 e. The van der Waals surface area contributed by atoms with Crippen LogP contribution in [-0.2, 0) is 9.09 Å². The van der Waals surface area contributed by atoms with Gasteiger partial charge in [-0.1, -0.05) is 48.5 Å². The van der Waals surface area contributed by atoms with Crippen molar-refractivity contribution in [2.45, 2.75) is 0 Å². The highest BCUT2D eigenvalue weighted by Gasteiger charge is 2.27. The van der Waals surface area contributed by atoms with Crippen LogP contribution in [0.1, 0.15) is 0 Å². The second-order valence-electron chi connectivity index (χ2n) is 4.60. The molecule has 3 radical (unpaired) electrons. The first-order valence-corrected chi connectivity index (χ1v) is 8.07. The molecule has 0 aromatic heterocycles. The molecule has 4 heteroatoms. The predicted molar refractivity (Wildman–Crippen MR) is 90.0 cm³/mol. The van der Waals surface area contributed by atoms with Gasteiger partial charge in [0.15, 0.2) is 0 Å². The van der Waals surface area contributed by atoms with E-state index in [1.54, 1.807) is 0 Å². The average molecular weight is 293 g/mol. The summed E-state index contributed by atoms with van der Waals surface area (Å²) in [6.45, 7) is 0. The van der Waals surface area contributed by atoms with Crippen LogP contribution in [0.15, 0.2) is 72.8 Å².